The third kappa shape index (κ3) is 5.29. The Morgan fingerprint density at radius 3 is 2.45 bits per heavy atom. The maximum Gasteiger partial charge on any atom is 0.0701 e. The van der Waals surface area contributed by atoms with E-state index in [2.05, 4.69) is 89.2 Å². The van der Waals surface area contributed by atoms with Crippen molar-refractivity contribution < 1.29 is 0 Å². The molecule has 0 amide bonds. The van der Waals surface area contributed by atoms with E-state index in [1.807, 2.05) is 0 Å². The summed E-state index contributed by atoms with van der Waals surface area (Å²) in [6, 6.07) is 24.2. The van der Waals surface area contributed by atoms with Crippen LogP contribution in [-0.4, -0.2) is 10.1 Å². The molecule has 2 aromatic carbocycles. The molecule has 6 atom stereocenters. The number of benzene rings is 2. The summed E-state index contributed by atoms with van der Waals surface area (Å²) in [6.07, 6.45) is 22.0. The lowest BCUT2D eigenvalue weighted by Crippen LogP contribution is -2.48. The van der Waals surface area contributed by atoms with Gasteiger partial charge in [-0.25, -0.2) is 0 Å². The number of aromatic nitrogens is 1. The van der Waals surface area contributed by atoms with Crippen LogP contribution in [-0.2, 0) is 19.3 Å². The molecule has 258 valence electrons. The van der Waals surface area contributed by atoms with E-state index in [0.717, 1.165) is 44.9 Å². The molecule has 1 aliphatic heterocycles. The van der Waals surface area contributed by atoms with E-state index in [-0.39, 0.29) is 29.2 Å². The summed E-state index contributed by atoms with van der Waals surface area (Å²) >= 11 is 0. The Hall–Kier alpha value is -4.53. The van der Waals surface area contributed by atoms with E-state index in [1.54, 1.807) is 11.3 Å². The van der Waals surface area contributed by atoms with Gasteiger partial charge in [-0.3, -0.25) is 0 Å². The van der Waals surface area contributed by atoms with Crippen molar-refractivity contribution in [2.75, 3.05) is 4.90 Å². The molecule has 0 radical (unpaired) electrons. The van der Waals surface area contributed by atoms with Crippen molar-refractivity contribution in [3.8, 4) is 35.0 Å². The predicted octanol–water partition coefficient (Wildman–Crippen LogP) is 10.9. The van der Waals surface area contributed by atoms with Crippen LogP contribution in [0.2, 0.25) is 0 Å². The molecule has 5 aliphatic carbocycles. The Morgan fingerprint density at radius 1 is 0.745 bits per heavy atom. The van der Waals surface area contributed by atoms with Crippen molar-refractivity contribution in [2.45, 2.75) is 121 Å². The smallest absolute Gasteiger partial charge is 0.0701 e. The van der Waals surface area contributed by atoms with Gasteiger partial charge in [-0.15, -0.1) is 0 Å². The molecular weight excluding hydrogens is 623 g/mol. The molecule has 9 rings (SSSR count). The number of fused-ring (bicyclic) bond motifs is 5. The van der Waals surface area contributed by atoms with Crippen LogP contribution in [0, 0.1) is 57.7 Å². The maximum absolute atomic E-state index is 10.1. The molecule has 0 spiro atoms. The third-order valence-corrected chi connectivity index (χ3v) is 13.8. The fourth-order valence-electron chi connectivity index (χ4n) is 11.4. The Labute approximate surface area is 303 Å². The standard InChI is InChI=1S/C46H49N5/c1-46-20-7-6-14-42(46)39-13-4-5-15-45(39)51(46)37-25-35(32-10-8-11-33(23-32)38-12-3-2-9-34(38)29-49)24-36(26-37)50-43-18-16-30(27-47)21-40(43)41-22-31(28-48)17-19-44(41)50/h8,10-11,16,18,23-26,30-31,34,38,42H,2-7,9,12-15,17,19-22H2,1H3. The summed E-state index contributed by atoms with van der Waals surface area (Å²) < 4.78 is 2.51. The molecule has 6 aliphatic rings. The summed E-state index contributed by atoms with van der Waals surface area (Å²) in [5.41, 5.74) is 14.8. The Bertz CT molecular complexity index is 2070. The van der Waals surface area contributed by atoms with E-state index in [9.17, 15) is 15.8 Å². The highest BCUT2D eigenvalue weighted by Crippen LogP contribution is 2.56. The molecule has 2 fully saturated rings. The van der Waals surface area contributed by atoms with Gasteiger partial charge in [0.05, 0.1) is 36.0 Å². The minimum absolute atomic E-state index is 0.0231. The molecule has 2 heterocycles. The lowest BCUT2D eigenvalue weighted by atomic mass is 9.71. The predicted molar refractivity (Wildman–Crippen MR) is 203 cm³/mol. The summed E-state index contributed by atoms with van der Waals surface area (Å²) in [4.78, 5) is 2.81. The van der Waals surface area contributed by atoms with Crippen LogP contribution < -0.4 is 4.90 Å². The number of nitrogens with zero attached hydrogens (tertiary/aromatic N) is 5. The Balaban J connectivity index is 1.25. The first kappa shape index (κ1) is 32.4. The van der Waals surface area contributed by atoms with Crippen LogP contribution >= 0.6 is 0 Å². The zero-order valence-corrected chi connectivity index (χ0v) is 30.1. The topological polar surface area (TPSA) is 79.5 Å². The van der Waals surface area contributed by atoms with Gasteiger partial charge in [0.25, 0.3) is 0 Å². The van der Waals surface area contributed by atoms with Crippen molar-refractivity contribution in [1.29, 1.82) is 15.8 Å². The van der Waals surface area contributed by atoms with Gasteiger partial charge in [0.2, 0.25) is 0 Å². The quantitative estimate of drug-likeness (QED) is 0.276. The van der Waals surface area contributed by atoms with E-state index >= 15 is 0 Å². The van der Waals surface area contributed by atoms with Gasteiger partial charge >= 0.3 is 0 Å². The molecule has 3 aromatic rings. The van der Waals surface area contributed by atoms with Crippen molar-refractivity contribution in [1.82, 2.24) is 4.57 Å². The van der Waals surface area contributed by atoms with Gasteiger partial charge in [-0.2, -0.15) is 15.8 Å². The van der Waals surface area contributed by atoms with Crippen LogP contribution in [0.4, 0.5) is 5.69 Å². The van der Waals surface area contributed by atoms with Gasteiger partial charge in [0, 0.05) is 39.9 Å². The van der Waals surface area contributed by atoms with Gasteiger partial charge in [-0.1, -0.05) is 56.0 Å². The summed E-state index contributed by atoms with van der Waals surface area (Å²) in [6.45, 7) is 2.55. The van der Waals surface area contributed by atoms with Gasteiger partial charge < -0.3 is 9.47 Å². The van der Waals surface area contributed by atoms with Crippen molar-refractivity contribution >= 4 is 11.8 Å². The summed E-state index contributed by atoms with van der Waals surface area (Å²) in [5.74, 6) is 0.893. The molecular formula is C46H49N5. The van der Waals surface area contributed by atoms with Crippen LogP contribution in [0.1, 0.15) is 124 Å². The monoisotopic (exact) mass is 671 g/mol. The largest absolute Gasteiger partial charge is 0.339 e. The second-order valence-electron chi connectivity index (χ2n) is 16.7. The molecule has 0 bridgehead atoms. The lowest BCUT2D eigenvalue weighted by Gasteiger charge is -2.45. The van der Waals surface area contributed by atoms with Crippen LogP contribution in [0.25, 0.3) is 22.9 Å². The SMILES string of the molecule is CC12CCCCC1C1=C(CCCC1)N2c1cc(-c2cccc(C3CCCCC3C#N)c2)cc(-n2c3c(c4c2CCC(C#N)C4)CC(C#N)C=C3)c1. The van der Waals surface area contributed by atoms with Crippen LogP contribution in [0.5, 0.6) is 0 Å². The highest BCUT2D eigenvalue weighted by atomic mass is 15.2. The molecule has 2 saturated carbocycles. The molecule has 51 heavy (non-hydrogen) atoms. The number of allylic oxidation sites excluding steroid dienone is 2. The molecule has 5 nitrogen and oxygen atoms in total. The summed E-state index contributed by atoms with van der Waals surface area (Å²) in [7, 11) is 0. The van der Waals surface area contributed by atoms with E-state index in [4.69, 9.17) is 0 Å². The summed E-state index contributed by atoms with van der Waals surface area (Å²) in [5, 5.41) is 30.0. The Kier molecular flexibility index (Phi) is 8.19. The molecule has 1 aromatic heterocycles. The molecule has 0 N–H and O–H groups in total. The minimum atomic E-state index is -0.133. The van der Waals surface area contributed by atoms with Gasteiger partial charge in [0.1, 0.15) is 0 Å². The minimum Gasteiger partial charge on any atom is -0.339 e. The highest BCUT2D eigenvalue weighted by Gasteiger charge is 2.51. The third-order valence-electron chi connectivity index (χ3n) is 13.8. The average Bonchev–Trinajstić information content (AvgIpc) is 3.65. The second-order valence-corrected chi connectivity index (χ2v) is 16.7. The molecule has 6 unspecified atom stereocenters. The number of anilines is 1. The average molecular weight is 672 g/mol. The fourth-order valence-corrected chi connectivity index (χ4v) is 11.4. The lowest BCUT2D eigenvalue weighted by molar-refractivity contribution is 0.252. The number of hydrogen-bond acceptors (Lipinski definition) is 4. The van der Waals surface area contributed by atoms with Crippen LogP contribution in [0.15, 0.2) is 59.8 Å². The first-order valence-corrected chi connectivity index (χ1v) is 19.9. The van der Waals surface area contributed by atoms with E-state index in [1.165, 1.54) is 102 Å². The van der Waals surface area contributed by atoms with E-state index < -0.39 is 0 Å². The maximum atomic E-state index is 10.1. The fraction of sp³-hybridized carbons (Fsp3) is 0.500. The highest BCUT2D eigenvalue weighted by molar-refractivity contribution is 5.77. The number of rotatable bonds is 4. The molecule has 5 heteroatoms. The second kappa shape index (κ2) is 12.9. The normalized spacial score (nSPS) is 29.6. The zero-order valence-electron chi connectivity index (χ0n) is 30.1. The van der Waals surface area contributed by atoms with Gasteiger partial charge in [0.15, 0.2) is 0 Å². The molecule has 0 saturated heterocycles. The Morgan fingerprint density at radius 2 is 1.59 bits per heavy atom. The van der Waals surface area contributed by atoms with Crippen molar-refractivity contribution in [3.05, 3.63) is 87.9 Å². The first-order valence-electron chi connectivity index (χ1n) is 19.9. The number of hydrogen-bond donors (Lipinski definition) is 0. The van der Waals surface area contributed by atoms with E-state index in [0.29, 0.717) is 12.3 Å². The van der Waals surface area contributed by atoms with Crippen molar-refractivity contribution in [2.24, 2.45) is 23.7 Å². The van der Waals surface area contributed by atoms with Crippen molar-refractivity contribution in [3.63, 3.8) is 0 Å². The van der Waals surface area contributed by atoms with Gasteiger partial charge in [-0.05, 0) is 148 Å². The zero-order chi connectivity index (χ0) is 34.7. The number of nitriles is 3. The van der Waals surface area contributed by atoms with Crippen LogP contribution in [0.3, 0.4) is 0 Å². The first-order chi connectivity index (χ1) is 25.0.